The number of aromatic nitrogens is 2. The van der Waals surface area contributed by atoms with E-state index in [-0.39, 0.29) is 0 Å². The van der Waals surface area contributed by atoms with E-state index >= 15 is 0 Å². The summed E-state index contributed by atoms with van der Waals surface area (Å²) in [4.78, 5) is 10.5. The summed E-state index contributed by atoms with van der Waals surface area (Å²) in [5.41, 5.74) is 2.34. The molecular formula is C14H13BrN4. The number of aryl methyl sites for hydroxylation is 1. The fourth-order valence-electron chi connectivity index (χ4n) is 1.76. The normalized spacial score (nSPS) is 10.0. The first-order valence-corrected chi connectivity index (χ1v) is 6.59. The first-order valence-electron chi connectivity index (χ1n) is 5.80. The van der Waals surface area contributed by atoms with Gasteiger partial charge in [0.15, 0.2) is 0 Å². The zero-order chi connectivity index (χ0) is 13.8. The number of hydrogen-bond acceptors (Lipinski definition) is 4. The van der Waals surface area contributed by atoms with E-state index < -0.39 is 0 Å². The molecule has 0 bridgehead atoms. The van der Waals surface area contributed by atoms with Crippen LogP contribution in [0, 0.1) is 18.3 Å². The van der Waals surface area contributed by atoms with Gasteiger partial charge in [-0.25, -0.2) is 9.97 Å². The van der Waals surface area contributed by atoms with E-state index in [4.69, 9.17) is 5.26 Å². The fourth-order valence-corrected chi connectivity index (χ4v) is 2.21. The van der Waals surface area contributed by atoms with Gasteiger partial charge in [-0.05, 0) is 30.7 Å². The lowest BCUT2D eigenvalue weighted by Gasteiger charge is -2.17. The Hall–Kier alpha value is -1.93. The molecule has 4 nitrogen and oxygen atoms in total. The van der Waals surface area contributed by atoms with Crippen molar-refractivity contribution < 1.29 is 0 Å². The lowest BCUT2D eigenvalue weighted by atomic mass is 10.2. The third-order valence-electron chi connectivity index (χ3n) is 2.61. The Morgan fingerprint density at radius 2 is 2.11 bits per heavy atom. The summed E-state index contributed by atoms with van der Waals surface area (Å²) in [7, 11) is 1.91. The molecular weight excluding hydrogens is 304 g/mol. The molecule has 0 aliphatic carbocycles. The van der Waals surface area contributed by atoms with Gasteiger partial charge < -0.3 is 4.90 Å². The number of nitrogens with zero attached hydrogens (tertiary/aromatic N) is 4. The van der Waals surface area contributed by atoms with E-state index in [9.17, 15) is 0 Å². The minimum atomic E-state index is 0.392. The third kappa shape index (κ3) is 3.52. The highest BCUT2D eigenvalue weighted by molar-refractivity contribution is 9.10. The van der Waals surface area contributed by atoms with Crippen molar-refractivity contribution in [2.24, 2.45) is 0 Å². The van der Waals surface area contributed by atoms with Gasteiger partial charge in [-0.3, -0.25) is 0 Å². The van der Waals surface area contributed by atoms with Gasteiger partial charge in [0.2, 0.25) is 5.95 Å². The van der Waals surface area contributed by atoms with Gasteiger partial charge in [-0.15, -0.1) is 0 Å². The van der Waals surface area contributed by atoms with Crippen molar-refractivity contribution >= 4 is 21.9 Å². The van der Waals surface area contributed by atoms with Crippen LogP contribution in [0.4, 0.5) is 5.95 Å². The molecule has 0 spiro atoms. The second kappa shape index (κ2) is 5.81. The highest BCUT2D eigenvalue weighted by Gasteiger charge is 2.08. The van der Waals surface area contributed by atoms with Gasteiger partial charge in [0.05, 0.1) is 0 Å². The van der Waals surface area contributed by atoms with Crippen molar-refractivity contribution in [1.29, 1.82) is 5.26 Å². The molecule has 0 fully saturated rings. The number of rotatable bonds is 3. The highest BCUT2D eigenvalue weighted by atomic mass is 79.9. The Morgan fingerprint density at radius 3 is 2.79 bits per heavy atom. The molecule has 19 heavy (non-hydrogen) atoms. The smallest absolute Gasteiger partial charge is 0.226 e. The molecule has 1 aromatic heterocycles. The molecule has 0 unspecified atom stereocenters. The number of benzene rings is 1. The SMILES string of the molecule is Cc1cc(C#N)nc(N(C)Cc2cccc(Br)c2)n1. The Bertz CT molecular complexity index is 634. The molecule has 2 aromatic rings. The molecule has 0 atom stereocenters. The minimum Gasteiger partial charge on any atom is -0.340 e. The van der Waals surface area contributed by atoms with Crippen LogP contribution in [0.2, 0.25) is 0 Å². The first kappa shape index (κ1) is 13.5. The Kier molecular flexibility index (Phi) is 4.13. The average Bonchev–Trinajstić information content (AvgIpc) is 2.38. The molecule has 0 aliphatic rings. The van der Waals surface area contributed by atoms with Crippen LogP contribution in [0.1, 0.15) is 17.0 Å². The van der Waals surface area contributed by atoms with Crippen molar-refractivity contribution in [3.8, 4) is 6.07 Å². The van der Waals surface area contributed by atoms with Crippen LogP contribution in [0.5, 0.6) is 0 Å². The molecule has 0 amide bonds. The second-order valence-electron chi connectivity index (χ2n) is 4.29. The highest BCUT2D eigenvalue weighted by Crippen LogP contribution is 2.15. The molecule has 5 heteroatoms. The Labute approximate surface area is 120 Å². The van der Waals surface area contributed by atoms with Crippen molar-refractivity contribution in [2.75, 3.05) is 11.9 Å². The van der Waals surface area contributed by atoms with Crippen molar-refractivity contribution in [2.45, 2.75) is 13.5 Å². The maximum absolute atomic E-state index is 8.93. The van der Waals surface area contributed by atoms with E-state index in [1.165, 1.54) is 0 Å². The summed E-state index contributed by atoms with van der Waals surface area (Å²) in [5.74, 6) is 0.566. The van der Waals surface area contributed by atoms with Crippen molar-refractivity contribution in [3.05, 3.63) is 51.8 Å². The maximum atomic E-state index is 8.93. The lowest BCUT2D eigenvalue weighted by Crippen LogP contribution is -2.19. The fraction of sp³-hybridized carbons (Fsp3) is 0.214. The van der Waals surface area contributed by atoms with Gasteiger partial charge in [0, 0.05) is 23.8 Å². The zero-order valence-corrected chi connectivity index (χ0v) is 12.3. The third-order valence-corrected chi connectivity index (χ3v) is 3.10. The van der Waals surface area contributed by atoms with Crippen molar-refractivity contribution in [3.63, 3.8) is 0 Å². The summed E-state index contributed by atoms with van der Waals surface area (Å²) < 4.78 is 1.04. The standard InChI is InChI=1S/C14H13BrN4/c1-10-6-13(8-16)18-14(17-10)19(2)9-11-4-3-5-12(15)7-11/h3-7H,9H2,1-2H3. The van der Waals surface area contributed by atoms with Crippen LogP contribution in [-0.2, 0) is 6.54 Å². The number of nitriles is 1. The van der Waals surface area contributed by atoms with Crippen LogP contribution in [0.25, 0.3) is 0 Å². The van der Waals surface area contributed by atoms with Crippen molar-refractivity contribution in [1.82, 2.24) is 9.97 Å². The Balaban J connectivity index is 2.23. The van der Waals surface area contributed by atoms with Gasteiger partial charge in [0.25, 0.3) is 0 Å². The van der Waals surface area contributed by atoms with E-state index in [1.807, 2.05) is 37.1 Å². The molecule has 2 rings (SSSR count). The summed E-state index contributed by atoms with van der Waals surface area (Å²) in [6.07, 6.45) is 0. The van der Waals surface area contributed by atoms with Gasteiger partial charge in [-0.1, -0.05) is 28.1 Å². The zero-order valence-electron chi connectivity index (χ0n) is 10.8. The molecule has 0 aliphatic heterocycles. The molecule has 96 valence electrons. The Morgan fingerprint density at radius 1 is 1.32 bits per heavy atom. The van der Waals surface area contributed by atoms with Gasteiger partial charge in [-0.2, -0.15) is 5.26 Å². The van der Waals surface area contributed by atoms with E-state index in [0.29, 0.717) is 18.2 Å². The molecule has 1 aromatic carbocycles. The maximum Gasteiger partial charge on any atom is 0.226 e. The van der Waals surface area contributed by atoms with E-state index in [2.05, 4.69) is 38.0 Å². The van der Waals surface area contributed by atoms with Crippen LogP contribution < -0.4 is 4.90 Å². The number of halogens is 1. The van der Waals surface area contributed by atoms with Gasteiger partial charge >= 0.3 is 0 Å². The molecule has 1 heterocycles. The molecule has 0 radical (unpaired) electrons. The monoisotopic (exact) mass is 316 g/mol. The molecule has 0 saturated carbocycles. The molecule has 0 saturated heterocycles. The summed E-state index contributed by atoms with van der Waals surface area (Å²) >= 11 is 3.45. The largest absolute Gasteiger partial charge is 0.340 e. The van der Waals surface area contributed by atoms with Crippen LogP contribution in [0.3, 0.4) is 0 Å². The molecule has 0 N–H and O–H groups in total. The number of anilines is 1. The average molecular weight is 317 g/mol. The minimum absolute atomic E-state index is 0.392. The van der Waals surface area contributed by atoms with E-state index in [1.54, 1.807) is 6.07 Å². The quantitative estimate of drug-likeness (QED) is 0.873. The summed E-state index contributed by atoms with van der Waals surface area (Å²) in [6, 6.07) is 11.8. The second-order valence-corrected chi connectivity index (χ2v) is 5.21. The van der Waals surface area contributed by atoms with Gasteiger partial charge in [0.1, 0.15) is 11.8 Å². The van der Waals surface area contributed by atoms with E-state index in [0.717, 1.165) is 15.7 Å². The predicted molar refractivity (Wildman–Crippen MR) is 77.7 cm³/mol. The summed E-state index contributed by atoms with van der Waals surface area (Å²) in [6.45, 7) is 2.55. The van der Waals surface area contributed by atoms with Crippen LogP contribution in [-0.4, -0.2) is 17.0 Å². The van der Waals surface area contributed by atoms with Crippen LogP contribution in [0.15, 0.2) is 34.8 Å². The number of hydrogen-bond donors (Lipinski definition) is 0. The predicted octanol–water partition coefficient (Wildman–Crippen LogP) is 3.06. The lowest BCUT2D eigenvalue weighted by molar-refractivity contribution is 0.856. The van der Waals surface area contributed by atoms with Crippen LogP contribution >= 0.6 is 15.9 Å². The summed E-state index contributed by atoms with van der Waals surface area (Å²) in [5, 5.41) is 8.93. The first-order chi connectivity index (χ1) is 9.08. The topological polar surface area (TPSA) is 52.8 Å².